The predicted octanol–water partition coefficient (Wildman–Crippen LogP) is 2.10. The maximum Gasteiger partial charge on any atom is 0.243 e. The molecule has 1 saturated heterocycles. The Morgan fingerprint density at radius 2 is 1.94 bits per heavy atom. The maximum atomic E-state index is 13.2. The number of aromatic nitrogens is 1. The van der Waals surface area contributed by atoms with Gasteiger partial charge in [-0.05, 0) is 61.6 Å². The Kier molecular flexibility index (Phi) is 6.30. The van der Waals surface area contributed by atoms with Crippen LogP contribution in [-0.2, 0) is 32.6 Å². The summed E-state index contributed by atoms with van der Waals surface area (Å²) in [6.07, 6.45) is 5.00. The molecule has 0 unspecified atom stereocenters. The number of amides is 2. The summed E-state index contributed by atoms with van der Waals surface area (Å²) in [4.78, 5) is 30.4. The minimum absolute atomic E-state index is 0.0152. The highest BCUT2D eigenvalue weighted by atomic mass is 32.2. The fraction of sp³-hybridized carbons (Fsp3) is 0.435. The van der Waals surface area contributed by atoms with E-state index in [0.29, 0.717) is 38.9 Å². The first-order valence-electron chi connectivity index (χ1n) is 10.9. The van der Waals surface area contributed by atoms with Crippen molar-refractivity contribution >= 4 is 27.5 Å². The first-order chi connectivity index (χ1) is 15.3. The number of anilines is 1. The van der Waals surface area contributed by atoms with Gasteiger partial charge in [0.1, 0.15) is 0 Å². The Morgan fingerprint density at radius 1 is 1.19 bits per heavy atom. The average Bonchev–Trinajstić information content (AvgIpc) is 3.13. The summed E-state index contributed by atoms with van der Waals surface area (Å²) < 4.78 is 27.9. The number of carbonyl (C=O) groups is 2. The quantitative estimate of drug-likeness (QED) is 0.743. The molecule has 2 aliphatic rings. The van der Waals surface area contributed by atoms with Gasteiger partial charge in [0, 0.05) is 56.6 Å². The summed E-state index contributed by atoms with van der Waals surface area (Å²) in [6.45, 7) is 4.50. The lowest BCUT2D eigenvalue weighted by Gasteiger charge is -2.30. The van der Waals surface area contributed by atoms with Gasteiger partial charge in [-0.1, -0.05) is 6.07 Å². The van der Waals surface area contributed by atoms with E-state index in [4.69, 9.17) is 0 Å². The van der Waals surface area contributed by atoms with Crippen molar-refractivity contribution < 1.29 is 18.0 Å². The van der Waals surface area contributed by atoms with Crippen LogP contribution in [0.1, 0.15) is 37.8 Å². The third kappa shape index (κ3) is 4.40. The van der Waals surface area contributed by atoms with Gasteiger partial charge in [0.15, 0.2) is 0 Å². The molecule has 8 nitrogen and oxygen atoms in total. The van der Waals surface area contributed by atoms with Crippen molar-refractivity contribution in [2.24, 2.45) is 5.92 Å². The molecule has 0 bridgehead atoms. The Labute approximate surface area is 188 Å². The molecule has 2 amide bonds. The molecule has 1 aromatic heterocycles. The SMILES string of the molecule is CC(=O)N1c2ccc(S(=O)(=O)N3CCC(C(=O)NCc4cccnc4)CC3)cc2C[C@H]1C. The number of hydrogen-bond acceptors (Lipinski definition) is 5. The molecule has 32 heavy (non-hydrogen) atoms. The van der Waals surface area contributed by atoms with Crippen molar-refractivity contribution in [1.82, 2.24) is 14.6 Å². The Bertz CT molecular complexity index is 1110. The summed E-state index contributed by atoms with van der Waals surface area (Å²) >= 11 is 0. The summed E-state index contributed by atoms with van der Waals surface area (Å²) in [6, 6.07) is 8.73. The Hall–Kier alpha value is -2.78. The molecular formula is C23H28N4O4S. The van der Waals surface area contributed by atoms with E-state index < -0.39 is 10.0 Å². The van der Waals surface area contributed by atoms with Crippen molar-refractivity contribution in [1.29, 1.82) is 0 Å². The number of sulfonamides is 1. The normalized spacial score (nSPS) is 19.6. The van der Waals surface area contributed by atoms with Crippen LogP contribution in [0.5, 0.6) is 0 Å². The van der Waals surface area contributed by atoms with Gasteiger partial charge in [0.05, 0.1) is 4.90 Å². The minimum Gasteiger partial charge on any atom is -0.352 e. The van der Waals surface area contributed by atoms with E-state index in [9.17, 15) is 18.0 Å². The van der Waals surface area contributed by atoms with Crippen molar-refractivity contribution in [2.75, 3.05) is 18.0 Å². The first kappa shape index (κ1) is 22.4. The van der Waals surface area contributed by atoms with Crippen LogP contribution in [0.25, 0.3) is 0 Å². The number of nitrogens with zero attached hydrogens (tertiary/aromatic N) is 3. The molecule has 0 radical (unpaired) electrons. The highest BCUT2D eigenvalue weighted by Gasteiger charge is 2.34. The van der Waals surface area contributed by atoms with Crippen LogP contribution in [0.15, 0.2) is 47.6 Å². The molecule has 1 fully saturated rings. The smallest absolute Gasteiger partial charge is 0.243 e. The van der Waals surface area contributed by atoms with Crippen LogP contribution >= 0.6 is 0 Å². The molecule has 2 aliphatic heterocycles. The third-order valence-corrected chi connectivity index (χ3v) is 8.15. The fourth-order valence-corrected chi connectivity index (χ4v) is 6.11. The number of hydrogen-bond donors (Lipinski definition) is 1. The zero-order valence-electron chi connectivity index (χ0n) is 18.3. The topological polar surface area (TPSA) is 99.7 Å². The number of nitrogens with one attached hydrogen (secondary N) is 1. The zero-order chi connectivity index (χ0) is 22.9. The van der Waals surface area contributed by atoms with Crippen LogP contribution in [-0.4, -0.2) is 48.7 Å². The number of rotatable bonds is 5. The van der Waals surface area contributed by atoms with Gasteiger partial charge in [-0.25, -0.2) is 8.42 Å². The van der Waals surface area contributed by atoms with Gasteiger partial charge < -0.3 is 10.2 Å². The number of piperidine rings is 1. The van der Waals surface area contributed by atoms with Crippen molar-refractivity contribution in [3.63, 3.8) is 0 Å². The largest absolute Gasteiger partial charge is 0.352 e. The highest BCUT2D eigenvalue weighted by Crippen LogP contribution is 2.35. The van der Waals surface area contributed by atoms with Gasteiger partial charge in [-0.2, -0.15) is 4.31 Å². The average molecular weight is 457 g/mol. The molecular weight excluding hydrogens is 428 g/mol. The molecule has 170 valence electrons. The number of benzene rings is 1. The second-order valence-corrected chi connectivity index (χ2v) is 10.4. The number of pyridine rings is 1. The van der Waals surface area contributed by atoms with Crippen molar-refractivity contribution in [3.05, 3.63) is 53.9 Å². The number of carbonyl (C=O) groups excluding carboxylic acids is 2. The highest BCUT2D eigenvalue weighted by molar-refractivity contribution is 7.89. The lowest BCUT2D eigenvalue weighted by atomic mass is 9.97. The third-order valence-electron chi connectivity index (χ3n) is 6.26. The summed E-state index contributed by atoms with van der Waals surface area (Å²) in [7, 11) is -3.65. The molecule has 9 heteroatoms. The van der Waals surface area contributed by atoms with E-state index in [2.05, 4.69) is 10.3 Å². The molecule has 1 aromatic carbocycles. The van der Waals surface area contributed by atoms with Crippen LogP contribution < -0.4 is 10.2 Å². The summed E-state index contributed by atoms with van der Waals surface area (Å²) in [5.41, 5.74) is 2.58. The van der Waals surface area contributed by atoms with Gasteiger partial charge >= 0.3 is 0 Å². The minimum atomic E-state index is -3.65. The molecule has 2 aromatic rings. The molecule has 3 heterocycles. The summed E-state index contributed by atoms with van der Waals surface area (Å²) in [5, 5.41) is 2.92. The monoisotopic (exact) mass is 456 g/mol. The Balaban J connectivity index is 1.39. The molecule has 0 saturated carbocycles. The van der Waals surface area contributed by atoms with Crippen molar-refractivity contribution in [3.8, 4) is 0 Å². The Morgan fingerprint density at radius 3 is 2.59 bits per heavy atom. The van der Waals surface area contributed by atoms with Gasteiger partial charge in [-0.15, -0.1) is 0 Å². The second kappa shape index (κ2) is 8.99. The van der Waals surface area contributed by atoms with Crippen LogP contribution in [0, 0.1) is 5.92 Å². The van der Waals surface area contributed by atoms with Crippen LogP contribution in [0.4, 0.5) is 5.69 Å². The fourth-order valence-electron chi connectivity index (χ4n) is 4.59. The standard InChI is InChI=1S/C23H28N4O4S/c1-16-12-20-13-21(5-6-22(20)27(16)17(2)28)32(30,31)26-10-7-19(8-11-26)23(29)25-15-18-4-3-9-24-14-18/h3-6,9,13-14,16,19H,7-8,10-12,15H2,1-2H3,(H,25,29)/t16-/m1/s1. The van der Waals surface area contributed by atoms with E-state index in [0.717, 1.165) is 16.8 Å². The van der Waals surface area contributed by atoms with E-state index in [1.54, 1.807) is 35.5 Å². The maximum absolute atomic E-state index is 13.2. The molecule has 0 aliphatic carbocycles. The number of fused-ring (bicyclic) bond motifs is 1. The lowest BCUT2D eigenvalue weighted by Crippen LogP contribution is -2.42. The van der Waals surface area contributed by atoms with Crippen molar-refractivity contribution in [2.45, 2.75) is 50.6 Å². The van der Waals surface area contributed by atoms with E-state index >= 15 is 0 Å². The van der Waals surface area contributed by atoms with Gasteiger partial charge in [0.2, 0.25) is 21.8 Å². The van der Waals surface area contributed by atoms with Gasteiger partial charge in [0.25, 0.3) is 0 Å². The zero-order valence-corrected chi connectivity index (χ0v) is 19.1. The molecule has 1 N–H and O–H groups in total. The van der Waals surface area contributed by atoms with E-state index in [1.807, 2.05) is 19.1 Å². The molecule has 4 rings (SSSR count). The summed E-state index contributed by atoms with van der Waals surface area (Å²) in [5.74, 6) is -0.305. The van der Waals surface area contributed by atoms with Gasteiger partial charge in [-0.3, -0.25) is 14.6 Å². The predicted molar refractivity (Wildman–Crippen MR) is 120 cm³/mol. The molecule has 0 spiro atoms. The lowest BCUT2D eigenvalue weighted by molar-refractivity contribution is -0.126. The van der Waals surface area contributed by atoms with Crippen LogP contribution in [0.2, 0.25) is 0 Å². The second-order valence-electron chi connectivity index (χ2n) is 8.49. The van der Waals surface area contributed by atoms with E-state index in [1.165, 1.54) is 11.2 Å². The van der Waals surface area contributed by atoms with Crippen LogP contribution in [0.3, 0.4) is 0 Å². The van der Waals surface area contributed by atoms with E-state index in [-0.39, 0.29) is 28.7 Å². The first-order valence-corrected chi connectivity index (χ1v) is 12.3. The molecule has 1 atom stereocenters.